The van der Waals surface area contributed by atoms with Gasteiger partial charge in [0.05, 0.1) is 0 Å². The summed E-state index contributed by atoms with van der Waals surface area (Å²) in [6.45, 7) is 12.8. The van der Waals surface area contributed by atoms with E-state index in [0.717, 1.165) is 44.6 Å². The Hall–Kier alpha value is -0.810. The molecular formula is C15H30N4O. The van der Waals surface area contributed by atoms with Gasteiger partial charge in [-0.25, -0.2) is 4.79 Å². The van der Waals surface area contributed by atoms with Crippen molar-refractivity contribution in [3.63, 3.8) is 0 Å². The molecule has 2 heterocycles. The number of rotatable bonds is 7. The summed E-state index contributed by atoms with van der Waals surface area (Å²) in [5, 5.41) is 6.43. The number of hydrogen-bond donors (Lipinski definition) is 2. The Morgan fingerprint density at radius 3 is 2.60 bits per heavy atom. The first kappa shape index (κ1) is 15.6. The minimum absolute atomic E-state index is 0.109. The van der Waals surface area contributed by atoms with E-state index < -0.39 is 0 Å². The van der Waals surface area contributed by atoms with E-state index in [1.807, 2.05) is 4.90 Å². The Balaban J connectivity index is 1.56. The first-order valence-corrected chi connectivity index (χ1v) is 8.11. The maximum Gasteiger partial charge on any atom is 0.317 e. The number of carbonyl (C=O) groups excluding carboxylic acids is 1. The third-order valence-corrected chi connectivity index (χ3v) is 4.32. The summed E-state index contributed by atoms with van der Waals surface area (Å²) in [6, 6.07) is 0.109. The SMILES string of the molecule is CC(C)CNCC1CCN(CCN2CCNC2=O)CC1. The minimum Gasteiger partial charge on any atom is -0.336 e. The first-order valence-electron chi connectivity index (χ1n) is 8.11. The molecule has 20 heavy (non-hydrogen) atoms. The van der Waals surface area contributed by atoms with Gasteiger partial charge in [0.25, 0.3) is 0 Å². The van der Waals surface area contributed by atoms with Gasteiger partial charge < -0.3 is 20.4 Å². The first-order chi connectivity index (χ1) is 9.65. The minimum atomic E-state index is 0.109. The lowest BCUT2D eigenvalue weighted by atomic mass is 9.96. The predicted molar refractivity (Wildman–Crippen MR) is 81.8 cm³/mol. The molecule has 5 nitrogen and oxygen atoms in total. The van der Waals surface area contributed by atoms with Crippen molar-refractivity contribution in [1.82, 2.24) is 20.4 Å². The maximum absolute atomic E-state index is 11.5. The van der Waals surface area contributed by atoms with Gasteiger partial charge in [-0.2, -0.15) is 0 Å². The van der Waals surface area contributed by atoms with E-state index in [4.69, 9.17) is 0 Å². The molecule has 2 fully saturated rings. The van der Waals surface area contributed by atoms with Crippen LogP contribution in [0.3, 0.4) is 0 Å². The molecule has 2 rings (SSSR count). The lowest BCUT2D eigenvalue weighted by Crippen LogP contribution is -2.42. The molecule has 0 aromatic heterocycles. The fourth-order valence-electron chi connectivity index (χ4n) is 2.98. The molecule has 2 N–H and O–H groups in total. The van der Waals surface area contributed by atoms with E-state index in [9.17, 15) is 4.79 Å². The number of carbonyl (C=O) groups is 1. The second-order valence-electron chi connectivity index (χ2n) is 6.56. The van der Waals surface area contributed by atoms with Crippen molar-refractivity contribution in [2.45, 2.75) is 26.7 Å². The molecule has 0 aromatic rings. The zero-order valence-corrected chi connectivity index (χ0v) is 13.0. The monoisotopic (exact) mass is 282 g/mol. The fraction of sp³-hybridized carbons (Fsp3) is 0.933. The molecule has 0 radical (unpaired) electrons. The van der Waals surface area contributed by atoms with Crippen LogP contribution >= 0.6 is 0 Å². The summed E-state index contributed by atoms with van der Waals surface area (Å²) >= 11 is 0. The molecule has 2 aliphatic rings. The summed E-state index contributed by atoms with van der Waals surface area (Å²) in [5.74, 6) is 1.57. The van der Waals surface area contributed by atoms with E-state index in [0.29, 0.717) is 0 Å². The van der Waals surface area contributed by atoms with Crippen molar-refractivity contribution < 1.29 is 4.79 Å². The summed E-state index contributed by atoms with van der Waals surface area (Å²) in [7, 11) is 0. The van der Waals surface area contributed by atoms with Gasteiger partial charge in [-0.05, 0) is 50.9 Å². The lowest BCUT2D eigenvalue weighted by molar-refractivity contribution is 0.163. The average Bonchev–Trinajstić information content (AvgIpc) is 2.83. The van der Waals surface area contributed by atoms with Crippen molar-refractivity contribution in [2.75, 3.05) is 52.4 Å². The molecule has 0 unspecified atom stereocenters. The Labute approximate surface area is 123 Å². The second kappa shape index (κ2) is 7.84. The highest BCUT2D eigenvalue weighted by atomic mass is 16.2. The molecule has 2 amide bonds. The normalized spacial score (nSPS) is 21.8. The molecule has 0 bridgehead atoms. The standard InChI is InChI=1S/C15H30N4O/c1-13(2)11-16-12-14-3-6-18(7-4-14)9-10-19-8-5-17-15(19)20/h13-14,16H,3-12H2,1-2H3,(H,17,20). The van der Waals surface area contributed by atoms with Crippen LogP contribution in [0.4, 0.5) is 4.79 Å². The van der Waals surface area contributed by atoms with E-state index in [-0.39, 0.29) is 6.03 Å². The number of nitrogens with one attached hydrogen (secondary N) is 2. The van der Waals surface area contributed by atoms with Gasteiger partial charge in [0.1, 0.15) is 0 Å². The smallest absolute Gasteiger partial charge is 0.317 e. The van der Waals surface area contributed by atoms with Gasteiger partial charge in [-0.1, -0.05) is 13.8 Å². The molecule has 2 saturated heterocycles. The number of nitrogens with zero attached hydrogens (tertiary/aromatic N) is 2. The van der Waals surface area contributed by atoms with E-state index in [1.165, 1.54) is 32.5 Å². The number of hydrogen-bond acceptors (Lipinski definition) is 3. The van der Waals surface area contributed by atoms with Crippen LogP contribution in [-0.2, 0) is 0 Å². The molecular weight excluding hydrogens is 252 g/mol. The lowest BCUT2D eigenvalue weighted by Gasteiger charge is -2.33. The molecule has 5 heteroatoms. The molecule has 2 aliphatic heterocycles. The Morgan fingerprint density at radius 2 is 2.00 bits per heavy atom. The molecule has 0 aromatic carbocycles. The van der Waals surface area contributed by atoms with Crippen LogP contribution in [0.1, 0.15) is 26.7 Å². The van der Waals surface area contributed by atoms with Gasteiger partial charge in [-0.15, -0.1) is 0 Å². The molecule has 116 valence electrons. The average molecular weight is 282 g/mol. The van der Waals surface area contributed by atoms with E-state index >= 15 is 0 Å². The molecule has 0 spiro atoms. The maximum atomic E-state index is 11.5. The summed E-state index contributed by atoms with van der Waals surface area (Å²) in [5.41, 5.74) is 0. The summed E-state index contributed by atoms with van der Waals surface area (Å²) < 4.78 is 0. The Bertz CT molecular complexity index is 300. The van der Waals surface area contributed by atoms with Gasteiger partial charge in [-0.3, -0.25) is 0 Å². The van der Waals surface area contributed by atoms with Crippen LogP contribution in [0.15, 0.2) is 0 Å². The zero-order valence-electron chi connectivity index (χ0n) is 13.0. The van der Waals surface area contributed by atoms with Crippen LogP contribution in [0.5, 0.6) is 0 Å². The third kappa shape index (κ3) is 4.94. The second-order valence-corrected chi connectivity index (χ2v) is 6.56. The van der Waals surface area contributed by atoms with Gasteiger partial charge >= 0.3 is 6.03 Å². The van der Waals surface area contributed by atoms with E-state index in [1.54, 1.807) is 0 Å². The third-order valence-electron chi connectivity index (χ3n) is 4.32. The number of amides is 2. The number of urea groups is 1. The number of piperidine rings is 1. The van der Waals surface area contributed by atoms with Gasteiger partial charge in [0, 0.05) is 26.2 Å². The Kier molecular flexibility index (Phi) is 6.10. The fourth-order valence-corrected chi connectivity index (χ4v) is 2.98. The topological polar surface area (TPSA) is 47.6 Å². The highest BCUT2D eigenvalue weighted by Crippen LogP contribution is 2.16. The largest absolute Gasteiger partial charge is 0.336 e. The molecule has 0 atom stereocenters. The Morgan fingerprint density at radius 1 is 1.25 bits per heavy atom. The van der Waals surface area contributed by atoms with Crippen LogP contribution in [0, 0.1) is 11.8 Å². The number of likely N-dealkylation sites (tertiary alicyclic amines) is 1. The van der Waals surface area contributed by atoms with E-state index in [2.05, 4.69) is 29.4 Å². The zero-order chi connectivity index (χ0) is 14.4. The van der Waals surface area contributed by atoms with Crippen LogP contribution in [0.25, 0.3) is 0 Å². The predicted octanol–water partition coefficient (Wildman–Crippen LogP) is 0.969. The van der Waals surface area contributed by atoms with Crippen molar-refractivity contribution in [3.8, 4) is 0 Å². The summed E-state index contributed by atoms with van der Waals surface area (Å²) in [4.78, 5) is 15.9. The van der Waals surface area contributed by atoms with Crippen molar-refractivity contribution >= 4 is 6.03 Å². The quantitative estimate of drug-likeness (QED) is 0.731. The highest BCUT2D eigenvalue weighted by Gasteiger charge is 2.22. The van der Waals surface area contributed by atoms with Gasteiger partial charge in [0.2, 0.25) is 0 Å². The van der Waals surface area contributed by atoms with Crippen LogP contribution < -0.4 is 10.6 Å². The van der Waals surface area contributed by atoms with Crippen molar-refractivity contribution in [3.05, 3.63) is 0 Å². The highest BCUT2D eigenvalue weighted by molar-refractivity contribution is 5.76. The van der Waals surface area contributed by atoms with Crippen LogP contribution in [0.2, 0.25) is 0 Å². The molecule has 0 saturated carbocycles. The summed E-state index contributed by atoms with van der Waals surface area (Å²) in [6.07, 6.45) is 2.58. The van der Waals surface area contributed by atoms with Gasteiger partial charge in [0.15, 0.2) is 0 Å². The van der Waals surface area contributed by atoms with Crippen molar-refractivity contribution in [2.24, 2.45) is 11.8 Å². The molecule has 0 aliphatic carbocycles. The van der Waals surface area contributed by atoms with Crippen molar-refractivity contribution in [1.29, 1.82) is 0 Å². The van der Waals surface area contributed by atoms with Crippen LogP contribution in [-0.4, -0.2) is 68.2 Å².